The van der Waals surface area contributed by atoms with E-state index in [2.05, 4.69) is 19.1 Å². The van der Waals surface area contributed by atoms with Gasteiger partial charge in [0.1, 0.15) is 5.75 Å². The van der Waals surface area contributed by atoms with E-state index in [0.717, 1.165) is 25.3 Å². The van der Waals surface area contributed by atoms with Crippen LogP contribution in [-0.4, -0.2) is 18.7 Å². The summed E-state index contributed by atoms with van der Waals surface area (Å²) in [6.45, 7) is 3.86. The maximum Gasteiger partial charge on any atom is 0.119 e. The normalized spacial score (nSPS) is 11.1. The summed E-state index contributed by atoms with van der Waals surface area (Å²) in [6, 6.07) is 8.23. The van der Waals surface area contributed by atoms with Crippen LogP contribution in [0.15, 0.2) is 24.3 Å². The van der Waals surface area contributed by atoms with E-state index in [-0.39, 0.29) is 0 Å². The molecular formula is C20H36N2O. The lowest BCUT2D eigenvalue weighted by Gasteiger charge is -2.10. The molecule has 23 heavy (non-hydrogen) atoms. The third-order valence-electron chi connectivity index (χ3n) is 4.12. The average molecular weight is 321 g/mol. The van der Waals surface area contributed by atoms with Crippen molar-refractivity contribution in [2.75, 3.05) is 13.7 Å². The number of rotatable bonds is 14. The Kier molecular flexibility index (Phi) is 11.6. The fraction of sp³-hybridized carbons (Fsp3) is 0.700. The third-order valence-corrected chi connectivity index (χ3v) is 4.12. The van der Waals surface area contributed by atoms with Crippen molar-refractivity contribution in [2.24, 2.45) is 5.84 Å². The molecular weight excluding hydrogens is 284 g/mol. The summed E-state index contributed by atoms with van der Waals surface area (Å²) in [5, 5.41) is 1.68. The monoisotopic (exact) mass is 320 g/mol. The maximum absolute atomic E-state index is 5.79. The zero-order valence-electron chi connectivity index (χ0n) is 15.2. The van der Waals surface area contributed by atoms with E-state index >= 15 is 0 Å². The van der Waals surface area contributed by atoms with Crippen molar-refractivity contribution in [3.05, 3.63) is 29.8 Å². The van der Waals surface area contributed by atoms with Crippen molar-refractivity contribution in [3.8, 4) is 5.75 Å². The Hall–Kier alpha value is -1.06. The minimum atomic E-state index is 0.763. The molecule has 0 atom stereocenters. The fourth-order valence-corrected chi connectivity index (χ4v) is 2.76. The van der Waals surface area contributed by atoms with Crippen molar-refractivity contribution in [1.29, 1.82) is 0 Å². The van der Waals surface area contributed by atoms with Crippen molar-refractivity contribution < 1.29 is 4.74 Å². The van der Waals surface area contributed by atoms with E-state index in [1.54, 1.807) is 5.01 Å². The van der Waals surface area contributed by atoms with E-state index in [4.69, 9.17) is 10.6 Å². The highest BCUT2D eigenvalue weighted by Gasteiger charge is 1.98. The van der Waals surface area contributed by atoms with Crippen LogP contribution in [0.2, 0.25) is 0 Å². The summed E-state index contributed by atoms with van der Waals surface area (Å²) < 4.78 is 5.79. The largest absolute Gasteiger partial charge is 0.494 e. The highest BCUT2D eigenvalue weighted by atomic mass is 16.5. The zero-order chi connectivity index (χ0) is 16.8. The van der Waals surface area contributed by atoms with Crippen LogP contribution in [0.3, 0.4) is 0 Å². The predicted octanol–water partition coefficient (Wildman–Crippen LogP) is 5.29. The van der Waals surface area contributed by atoms with Crippen LogP contribution in [0, 0.1) is 0 Å². The summed E-state index contributed by atoms with van der Waals surface area (Å²) >= 11 is 0. The van der Waals surface area contributed by atoms with Crippen LogP contribution < -0.4 is 10.6 Å². The maximum atomic E-state index is 5.79. The van der Waals surface area contributed by atoms with Gasteiger partial charge in [0, 0.05) is 13.6 Å². The van der Waals surface area contributed by atoms with Gasteiger partial charge in [-0.15, -0.1) is 0 Å². The Morgan fingerprint density at radius 1 is 0.826 bits per heavy atom. The van der Waals surface area contributed by atoms with E-state index in [0.29, 0.717) is 0 Å². The van der Waals surface area contributed by atoms with Crippen LogP contribution in [-0.2, 0) is 6.54 Å². The van der Waals surface area contributed by atoms with Crippen molar-refractivity contribution in [3.63, 3.8) is 0 Å². The molecule has 0 bridgehead atoms. The molecule has 0 radical (unpaired) electrons. The molecule has 0 aliphatic heterocycles. The predicted molar refractivity (Wildman–Crippen MR) is 99.4 cm³/mol. The lowest BCUT2D eigenvalue weighted by molar-refractivity contribution is 0.303. The van der Waals surface area contributed by atoms with Gasteiger partial charge < -0.3 is 4.74 Å². The first-order valence-corrected chi connectivity index (χ1v) is 9.40. The first-order valence-electron chi connectivity index (χ1n) is 9.40. The minimum absolute atomic E-state index is 0.763. The van der Waals surface area contributed by atoms with E-state index in [1.165, 1.54) is 63.4 Å². The fourth-order valence-electron chi connectivity index (χ4n) is 2.76. The molecule has 132 valence electrons. The van der Waals surface area contributed by atoms with Crippen molar-refractivity contribution in [1.82, 2.24) is 5.01 Å². The molecule has 0 saturated carbocycles. The zero-order valence-corrected chi connectivity index (χ0v) is 15.2. The van der Waals surface area contributed by atoms with Crippen LogP contribution in [0.1, 0.15) is 76.7 Å². The summed E-state index contributed by atoms with van der Waals surface area (Å²) in [5.74, 6) is 6.61. The molecule has 0 aliphatic rings. The van der Waals surface area contributed by atoms with Gasteiger partial charge in [-0.25, -0.2) is 5.01 Å². The van der Waals surface area contributed by atoms with Crippen LogP contribution in [0.5, 0.6) is 5.75 Å². The Bertz CT molecular complexity index is 376. The Balaban J connectivity index is 1.94. The van der Waals surface area contributed by atoms with Gasteiger partial charge in [0.05, 0.1) is 6.61 Å². The molecule has 0 spiro atoms. The van der Waals surface area contributed by atoms with Gasteiger partial charge in [0.25, 0.3) is 0 Å². The number of unbranched alkanes of at least 4 members (excludes halogenated alkanes) is 9. The quantitative estimate of drug-likeness (QED) is 0.287. The molecule has 0 aromatic heterocycles. The van der Waals surface area contributed by atoms with Gasteiger partial charge in [-0.2, -0.15) is 0 Å². The molecule has 0 unspecified atom stereocenters. The molecule has 0 aliphatic carbocycles. The number of nitrogens with two attached hydrogens (primary N) is 1. The van der Waals surface area contributed by atoms with Crippen molar-refractivity contribution >= 4 is 0 Å². The van der Waals surface area contributed by atoms with Crippen LogP contribution in [0.25, 0.3) is 0 Å². The summed E-state index contributed by atoms with van der Waals surface area (Å²) in [6.07, 6.45) is 13.6. The van der Waals surface area contributed by atoms with E-state index < -0.39 is 0 Å². The van der Waals surface area contributed by atoms with Crippen molar-refractivity contribution in [2.45, 2.75) is 77.7 Å². The number of benzene rings is 1. The van der Waals surface area contributed by atoms with E-state index in [1.807, 2.05) is 19.2 Å². The smallest absolute Gasteiger partial charge is 0.119 e. The molecule has 0 fully saturated rings. The third kappa shape index (κ3) is 11.2. The van der Waals surface area contributed by atoms with Gasteiger partial charge in [0.15, 0.2) is 0 Å². The molecule has 3 nitrogen and oxygen atoms in total. The summed E-state index contributed by atoms with van der Waals surface area (Å²) in [5.41, 5.74) is 1.21. The first kappa shape index (κ1) is 20.0. The van der Waals surface area contributed by atoms with Gasteiger partial charge in [-0.05, 0) is 24.1 Å². The second-order valence-electron chi connectivity index (χ2n) is 6.59. The van der Waals surface area contributed by atoms with Gasteiger partial charge in [-0.1, -0.05) is 76.8 Å². The topological polar surface area (TPSA) is 38.5 Å². The minimum Gasteiger partial charge on any atom is -0.494 e. The number of hydrogen-bond acceptors (Lipinski definition) is 3. The Morgan fingerprint density at radius 2 is 1.35 bits per heavy atom. The molecule has 3 heteroatoms. The Morgan fingerprint density at radius 3 is 1.87 bits per heavy atom. The van der Waals surface area contributed by atoms with E-state index in [9.17, 15) is 0 Å². The molecule has 0 amide bonds. The molecule has 0 saturated heterocycles. The number of nitrogens with zero attached hydrogens (tertiary/aromatic N) is 1. The number of hydrazine groups is 1. The standard InChI is InChI=1S/C20H36N2O/c1-3-4-5-6-7-8-9-10-11-12-17-23-20-15-13-19(14-16-20)18-22(2)21/h13-16H,3-12,17-18,21H2,1-2H3. The Labute approximate surface area is 143 Å². The van der Waals surface area contributed by atoms with Gasteiger partial charge >= 0.3 is 0 Å². The first-order chi connectivity index (χ1) is 11.2. The second kappa shape index (κ2) is 13.4. The number of ether oxygens (including phenoxy) is 1. The molecule has 1 aromatic rings. The SMILES string of the molecule is CCCCCCCCCCCCOc1ccc(CN(C)N)cc1. The summed E-state index contributed by atoms with van der Waals surface area (Å²) in [4.78, 5) is 0. The highest BCUT2D eigenvalue weighted by Crippen LogP contribution is 2.14. The van der Waals surface area contributed by atoms with Gasteiger partial charge in [0.2, 0.25) is 0 Å². The highest BCUT2D eigenvalue weighted by molar-refractivity contribution is 5.27. The summed E-state index contributed by atoms with van der Waals surface area (Å²) in [7, 11) is 1.87. The van der Waals surface area contributed by atoms with Crippen LogP contribution in [0.4, 0.5) is 0 Å². The van der Waals surface area contributed by atoms with Gasteiger partial charge in [-0.3, -0.25) is 5.84 Å². The lowest BCUT2D eigenvalue weighted by Crippen LogP contribution is -2.24. The second-order valence-corrected chi connectivity index (χ2v) is 6.59. The average Bonchev–Trinajstić information content (AvgIpc) is 2.53. The lowest BCUT2D eigenvalue weighted by atomic mass is 10.1. The molecule has 2 N–H and O–H groups in total. The molecule has 0 heterocycles. The molecule has 1 aromatic carbocycles. The number of hydrogen-bond donors (Lipinski definition) is 1. The molecule has 1 rings (SSSR count). The van der Waals surface area contributed by atoms with Crippen LogP contribution >= 0.6 is 0 Å².